The van der Waals surface area contributed by atoms with Crippen LogP contribution in [0, 0.1) is 0 Å². The number of anilines is 1. The summed E-state index contributed by atoms with van der Waals surface area (Å²) in [6, 6.07) is 22.1. The second kappa shape index (κ2) is 10.6. The number of rotatable bonds is 8. The third-order valence-corrected chi connectivity index (χ3v) is 6.03. The third-order valence-electron chi connectivity index (χ3n) is 5.79. The maximum atomic E-state index is 13.2. The van der Waals surface area contributed by atoms with Crippen molar-refractivity contribution in [1.82, 2.24) is 0 Å². The number of ether oxygens (including phenoxy) is 1. The minimum Gasteiger partial charge on any atom is -0.507 e. The molecule has 1 unspecified atom stereocenters. The summed E-state index contributed by atoms with van der Waals surface area (Å²) in [6.07, 6.45) is 3.19. The number of ketones is 1. The van der Waals surface area contributed by atoms with Crippen LogP contribution in [0.5, 0.6) is 5.75 Å². The number of unbranched alkanes of at least 4 members (excludes halogenated alkanes) is 2. The van der Waals surface area contributed by atoms with E-state index in [9.17, 15) is 14.7 Å². The van der Waals surface area contributed by atoms with Gasteiger partial charge in [-0.3, -0.25) is 14.5 Å². The number of carbonyl (C=O) groups excluding carboxylic acids is 2. The molecule has 0 aromatic heterocycles. The van der Waals surface area contributed by atoms with Gasteiger partial charge in [-0.25, -0.2) is 0 Å². The van der Waals surface area contributed by atoms with E-state index in [0.29, 0.717) is 34.2 Å². The van der Waals surface area contributed by atoms with Gasteiger partial charge in [-0.1, -0.05) is 67.8 Å². The maximum absolute atomic E-state index is 13.2. The second-order valence-electron chi connectivity index (χ2n) is 8.14. The topological polar surface area (TPSA) is 66.8 Å². The van der Waals surface area contributed by atoms with Gasteiger partial charge in [0.1, 0.15) is 11.5 Å². The van der Waals surface area contributed by atoms with Crippen LogP contribution >= 0.6 is 11.6 Å². The van der Waals surface area contributed by atoms with Gasteiger partial charge in [-0.2, -0.15) is 0 Å². The highest BCUT2D eigenvalue weighted by atomic mass is 35.5. The lowest BCUT2D eigenvalue weighted by atomic mass is 9.95. The maximum Gasteiger partial charge on any atom is 0.300 e. The monoisotopic (exact) mass is 475 g/mol. The smallest absolute Gasteiger partial charge is 0.300 e. The first-order valence-corrected chi connectivity index (χ1v) is 11.7. The van der Waals surface area contributed by atoms with Crippen molar-refractivity contribution in [1.29, 1.82) is 0 Å². The molecule has 0 aliphatic carbocycles. The van der Waals surface area contributed by atoms with Crippen molar-refractivity contribution >= 4 is 34.7 Å². The number of aliphatic hydroxyl groups is 1. The van der Waals surface area contributed by atoms with E-state index in [1.165, 1.54) is 4.90 Å². The van der Waals surface area contributed by atoms with Gasteiger partial charge < -0.3 is 9.84 Å². The van der Waals surface area contributed by atoms with Crippen molar-refractivity contribution < 1.29 is 19.4 Å². The van der Waals surface area contributed by atoms with Crippen LogP contribution in [0.4, 0.5) is 5.69 Å². The van der Waals surface area contributed by atoms with Gasteiger partial charge in [-0.15, -0.1) is 0 Å². The lowest BCUT2D eigenvalue weighted by molar-refractivity contribution is -0.132. The number of aliphatic hydroxyl groups excluding tert-OH is 1. The molecule has 174 valence electrons. The number of hydrogen-bond donors (Lipinski definition) is 1. The molecule has 1 saturated heterocycles. The van der Waals surface area contributed by atoms with Crippen LogP contribution in [0.15, 0.2) is 84.4 Å². The van der Waals surface area contributed by atoms with Gasteiger partial charge in [-0.05, 0) is 54.4 Å². The minimum absolute atomic E-state index is 0.0350. The molecule has 1 fully saturated rings. The number of amides is 1. The Balaban J connectivity index is 1.74. The number of hydrogen-bond acceptors (Lipinski definition) is 4. The van der Waals surface area contributed by atoms with E-state index in [0.717, 1.165) is 19.3 Å². The number of Topliss-reactive ketones (excluding diaryl/α,β-unsaturated/α-hetero) is 1. The lowest BCUT2D eigenvalue weighted by Crippen LogP contribution is -2.29. The molecule has 0 radical (unpaired) electrons. The van der Waals surface area contributed by atoms with E-state index >= 15 is 0 Å². The molecule has 6 heteroatoms. The molecule has 3 aromatic carbocycles. The molecule has 0 saturated carbocycles. The van der Waals surface area contributed by atoms with Gasteiger partial charge >= 0.3 is 0 Å². The Labute approximate surface area is 204 Å². The van der Waals surface area contributed by atoms with Crippen molar-refractivity contribution in [2.45, 2.75) is 32.2 Å². The number of benzene rings is 3. The van der Waals surface area contributed by atoms with Gasteiger partial charge in [0.25, 0.3) is 11.7 Å². The van der Waals surface area contributed by atoms with Crippen LogP contribution in [0.25, 0.3) is 5.76 Å². The van der Waals surface area contributed by atoms with Crippen molar-refractivity contribution in [2.24, 2.45) is 0 Å². The van der Waals surface area contributed by atoms with Crippen LogP contribution in [-0.4, -0.2) is 23.4 Å². The fourth-order valence-corrected chi connectivity index (χ4v) is 4.27. The van der Waals surface area contributed by atoms with E-state index < -0.39 is 17.7 Å². The predicted octanol–water partition coefficient (Wildman–Crippen LogP) is 6.54. The second-order valence-corrected chi connectivity index (χ2v) is 8.58. The van der Waals surface area contributed by atoms with Gasteiger partial charge in [0, 0.05) is 16.3 Å². The first-order valence-electron chi connectivity index (χ1n) is 11.4. The summed E-state index contributed by atoms with van der Waals surface area (Å²) in [6.45, 7) is 2.76. The molecule has 1 N–H and O–H groups in total. The Morgan fingerprint density at radius 1 is 0.971 bits per heavy atom. The molecular weight excluding hydrogens is 450 g/mol. The minimum atomic E-state index is -0.787. The molecule has 4 rings (SSSR count). The highest BCUT2D eigenvalue weighted by Crippen LogP contribution is 2.42. The van der Waals surface area contributed by atoms with Crippen LogP contribution in [0.2, 0.25) is 5.02 Å². The SMILES string of the molecule is CCCCCOc1ccc(/C(O)=C2\C(=O)C(=O)N(c3cccc(Cl)c3)C2c2ccccc2)cc1. The normalized spacial score (nSPS) is 17.2. The molecule has 1 aliphatic heterocycles. The number of halogens is 1. The fraction of sp³-hybridized carbons (Fsp3) is 0.214. The summed E-state index contributed by atoms with van der Waals surface area (Å²) in [5, 5.41) is 11.7. The van der Waals surface area contributed by atoms with E-state index in [1.54, 1.807) is 48.5 Å². The zero-order chi connectivity index (χ0) is 24.1. The Kier molecular flexibility index (Phi) is 7.33. The van der Waals surface area contributed by atoms with Crippen molar-refractivity contribution in [3.63, 3.8) is 0 Å². The lowest BCUT2D eigenvalue weighted by Gasteiger charge is -2.25. The quantitative estimate of drug-likeness (QED) is 0.174. The number of carbonyl (C=O) groups is 2. The fourth-order valence-electron chi connectivity index (χ4n) is 4.08. The molecule has 34 heavy (non-hydrogen) atoms. The van der Waals surface area contributed by atoms with E-state index in [4.69, 9.17) is 16.3 Å². The number of nitrogens with zero attached hydrogens (tertiary/aromatic N) is 1. The van der Waals surface area contributed by atoms with Crippen LogP contribution in [-0.2, 0) is 9.59 Å². The molecule has 0 spiro atoms. The predicted molar refractivity (Wildman–Crippen MR) is 134 cm³/mol. The molecule has 5 nitrogen and oxygen atoms in total. The van der Waals surface area contributed by atoms with E-state index in [2.05, 4.69) is 6.92 Å². The summed E-state index contributed by atoms with van der Waals surface area (Å²) < 4.78 is 5.74. The van der Waals surface area contributed by atoms with Crippen molar-refractivity contribution in [2.75, 3.05) is 11.5 Å². The molecular formula is C28H26ClNO4. The Morgan fingerprint density at radius 2 is 1.71 bits per heavy atom. The first-order chi connectivity index (χ1) is 16.5. The van der Waals surface area contributed by atoms with E-state index in [-0.39, 0.29) is 11.3 Å². The summed E-state index contributed by atoms with van der Waals surface area (Å²) in [4.78, 5) is 27.7. The van der Waals surface area contributed by atoms with Gasteiger partial charge in [0.2, 0.25) is 0 Å². The molecule has 0 bridgehead atoms. The van der Waals surface area contributed by atoms with Crippen LogP contribution < -0.4 is 9.64 Å². The molecule has 1 heterocycles. The highest BCUT2D eigenvalue weighted by Gasteiger charge is 2.46. The van der Waals surface area contributed by atoms with Crippen LogP contribution in [0.3, 0.4) is 0 Å². The van der Waals surface area contributed by atoms with Gasteiger partial charge in [0.05, 0.1) is 18.2 Å². The zero-order valence-corrected chi connectivity index (χ0v) is 19.7. The van der Waals surface area contributed by atoms with Gasteiger partial charge in [0.15, 0.2) is 0 Å². The standard InChI is InChI=1S/C28H26ClNO4/c1-2-3-7-17-34-23-15-13-20(14-16-23)26(31)24-25(19-9-5-4-6-10-19)30(28(33)27(24)32)22-12-8-11-21(29)18-22/h4-6,8-16,18,25,31H,2-3,7,17H2,1H3/b26-24+. The average Bonchev–Trinajstić information content (AvgIpc) is 3.13. The van der Waals surface area contributed by atoms with Crippen molar-refractivity contribution in [3.8, 4) is 5.75 Å². The van der Waals surface area contributed by atoms with E-state index in [1.807, 2.05) is 30.3 Å². The molecule has 1 aliphatic rings. The summed E-state index contributed by atoms with van der Waals surface area (Å²) >= 11 is 6.17. The van der Waals surface area contributed by atoms with Crippen molar-refractivity contribution in [3.05, 3.63) is 101 Å². The zero-order valence-electron chi connectivity index (χ0n) is 18.9. The molecule has 1 atom stereocenters. The van der Waals surface area contributed by atoms with Crippen LogP contribution in [0.1, 0.15) is 43.4 Å². The molecule has 3 aromatic rings. The third kappa shape index (κ3) is 4.85. The average molecular weight is 476 g/mol. The first kappa shape index (κ1) is 23.6. The Bertz CT molecular complexity index is 1200. The molecule has 1 amide bonds. The Morgan fingerprint density at radius 3 is 2.38 bits per heavy atom. The largest absolute Gasteiger partial charge is 0.507 e. The summed E-state index contributed by atoms with van der Waals surface area (Å²) in [7, 11) is 0. The Hall–Kier alpha value is -3.57. The summed E-state index contributed by atoms with van der Waals surface area (Å²) in [5.74, 6) is -0.999. The highest BCUT2D eigenvalue weighted by molar-refractivity contribution is 6.51. The summed E-state index contributed by atoms with van der Waals surface area (Å²) in [5.41, 5.74) is 1.66.